The quantitative estimate of drug-likeness (QED) is 0.178. The summed E-state index contributed by atoms with van der Waals surface area (Å²) in [6.45, 7) is 4.75. The van der Waals surface area contributed by atoms with Gasteiger partial charge in [0, 0.05) is 5.41 Å². The first-order valence-electron chi connectivity index (χ1n) is 16.6. The van der Waals surface area contributed by atoms with Gasteiger partial charge in [0.25, 0.3) is 0 Å². The number of fused-ring (bicyclic) bond motifs is 5. The van der Waals surface area contributed by atoms with E-state index in [1.165, 1.54) is 98.7 Å². The van der Waals surface area contributed by atoms with Crippen LogP contribution >= 0.6 is 0 Å². The first-order valence-corrected chi connectivity index (χ1v) is 16.6. The summed E-state index contributed by atoms with van der Waals surface area (Å²) in [5.74, 6) is 0. The zero-order valence-corrected chi connectivity index (χ0v) is 26.5. The zero-order valence-electron chi connectivity index (χ0n) is 26.5. The molecule has 0 saturated heterocycles. The van der Waals surface area contributed by atoms with Crippen LogP contribution in [0.5, 0.6) is 0 Å². The summed E-state index contributed by atoms with van der Waals surface area (Å²) in [5.41, 5.74) is 13.1. The highest BCUT2D eigenvalue weighted by atomic mass is 14.4. The first-order chi connectivity index (χ1) is 23.1. The summed E-state index contributed by atoms with van der Waals surface area (Å²) in [4.78, 5) is 0. The second-order valence-electron chi connectivity index (χ2n) is 13.7. The van der Waals surface area contributed by atoms with Gasteiger partial charge in [-0.1, -0.05) is 159 Å². The van der Waals surface area contributed by atoms with Crippen molar-refractivity contribution in [2.24, 2.45) is 0 Å². The van der Waals surface area contributed by atoms with Gasteiger partial charge in [-0.3, -0.25) is 0 Å². The van der Waals surface area contributed by atoms with Crippen LogP contribution in [0.1, 0.15) is 25.0 Å². The summed E-state index contributed by atoms with van der Waals surface area (Å²) in [7, 11) is 0. The lowest BCUT2D eigenvalue weighted by molar-refractivity contribution is 0.661. The van der Waals surface area contributed by atoms with E-state index in [1.807, 2.05) is 0 Å². The normalized spacial score (nSPS) is 13.5. The van der Waals surface area contributed by atoms with Crippen molar-refractivity contribution in [3.8, 4) is 44.5 Å². The van der Waals surface area contributed by atoms with Crippen LogP contribution < -0.4 is 0 Å². The number of hydrogen-bond donors (Lipinski definition) is 0. The van der Waals surface area contributed by atoms with Crippen molar-refractivity contribution < 1.29 is 0 Å². The minimum Gasteiger partial charge on any atom is -0.0622 e. The molecule has 1 aliphatic rings. The van der Waals surface area contributed by atoms with E-state index >= 15 is 0 Å². The molecule has 0 atom stereocenters. The SMILES string of the molecule is CC1(C)c2ccccc2-c2c1cc(-c1cccc(-c3ccc4ccc5c(-c6ccccc6)ccc6ccc3c4c65)c1)c1ccccc21. The van der Waals surface area contributed by atoms with E-state index in [4.69, 9.17) is 0 Å². The Balaban J connectivity index is 1.19. The maximum absolute atomic E-state index is 2.48. The lowest BCUT2D eigenvalue weighted by Crippen LogP contribution is -2.15. The second kappa shape index (κ2) is 9.64. The molecule has 0 spiro atoms. The summed E-state index contributed by atoms with van der Waals surface area (Å²) >= 11 is 0. The third-order valence-corrected chi connectivity index (χ3v) is 10.8. The van der Waals surface area contributed by atoms with Crippen LogP contribution in [0.25, 0.3) is 87.6 Å². The zero-order chi connectivity index (χ0) is 31.3. The van der Waals surface area contributed by atoms with Gasteiger partial charge in [0.1, 0.15) is 0 Å². The molecule has 0 aliphatic heterocycles. The third kappa shape index (κ3) is 3.70. The van der Waals surface area contributed by atoms with Gasteiger partial charge >= 0.3 is 0 Å². The fourth-order valence-corrected chi connectivity index (χ4v) is 8.56. The van der Waals surface area contributed by atoms with Crippen LogP contribution in [0.4, 0.5) is 0 Å². The first kappa shape index (κ1) is 26.5. The van der Waals surface area contributed by atoms with Crippen molar-refractivity contribution in [1.82, 2.24) is 0 Å². The molecule has 1 aliphatic carbocycles. The van der Waals surface area contributed by atoms with Gasteiger partial charge < -0.3 is 0 Å². The summed E-state index contributed by atoms with van der Waals surface area (Å²) in [6, 6.07) is 58.8. The van der Waals surface area contributed by atoms with Crippen molar-refractivity contribution >= 4 is 43.1 Å². The van der Waals surface area contributed by atoms with Gasteiger partial charge in [-0.25, -0.2) is 0 Å². The molecule has 10 rings (SSSR count). The van der Waals surface area contributed by atoms with Crippen LogP contribution in [0.15, 0.2) is 158 Å². The molecule has 9 aromatic carbocycles. The van der Waals surface area contributed by atoms with E-state index < -0.39 is 0 Å². The molecule has 0 saturated carbocycles. The van der Waals surface area contributed by atoms with E-state index in [0.29, 0.717) is 0 Å². The molecule has 9 aromatic rings. The van der Waals surface area contributed by atoms with E-state index in [2.05, 4.69) is 172 Å². The van der Waals surface area contributed by atoms with Crippen LogP contribution in [0.3, 0.4) is 0 Å². The molecular weight excluding hydrogens is 565 g/mol. The smallest absolute Gasteiger partial charge is 0.0159 e. The topological polar surface area (TPSA) is 0 Å². The average Bonchev–Trinajstić information content (AvgIpc) is 3.36. The second-order valence-corrected chi connectivity index (χ2v) is 13.7. The van der Waals surface area contributed by atoms with Crippen molar-refractivity contribution in [2.75, 3.05) is 0 Å². The van der Waals surface area contributed by atoms with Gasteiger partial charge in [0.05, 0.1) is 0 Å². The van der Waals surface area contributed by atoms with E-state index in [9.17, 15) is 0 Å². The maximum Gasteiger partial charge on any atom is 0.0159 e. The highest BCUT2D eigenvalue weighted by molar-refractivity contribution is 6.27. The van der Waals surface area contributed by atoms with Crippen molar-refractivity contribution in [2.45, 2.75) is 19.3 Å². The van der Waals surface area contributed by atoms with Gasteiger partial charge in [0.15, 0.2) is 0 Å². The van der Waals surface area contributed by atoms with E-state index in [-0.39, 0.29) is 5.41 Å². The largest absolute Gasteiger partial charge is 0.0622 e. The number of rotatable bonds is 3. The molecule has 0 heterocycles. The van der Waals surface area contributed by atoms with Crippen molar-refractivity contribution in [1.29, 1.82) is 0 Å². The standard InChI is InChI=1S/C47H32/c1-47(2)42-18-9-8-17-40(42)46-37-16-7-6-15-36(37)41(28-43(46)47)33-14-10-13-32(27-33)35-24-20-31-21-25-38-34(29-11-4-3-5-12-29)23-19-30-22-26-39(35)45(31)44(30)38/h3-28H,1-2H3. The van der Waals surface area contributed by atoms with Gasteiger partial charge in [-0.05, 0) is 111 Å². The Kier molecular flexibility index (Phi) is 5.44. The predicted molar refractivity (Wildman–Crippen MR) is 202 cm³/mol. The fourth-order valence-electron chi connectivity index (χ4n) is 8.56. The van der Waals surface area contributed by atoms with Gasteiger partial charge in [0.2, 0.25) is 0 Å². The van der Waals surface area contributed by atoms with Crippen LogP contribution in [-0.4, -0.2) is 0 Å². The molecule has 47 heavy (non-hydrogen) atoms. The van der Waals surface area contributed by atoms with E-state index in [1.54, 1.807) is 0 Å². The predicted octanol–water partition coefficient (Wildman–Crippen LogP) is 13.0. The minimum absolute atomic E-state index is 0.0625. The summed E-state index contributed by atoms with van der Waals surface area (Å²) in [6.07, 6.45) is 0. The minimum atomic E-state index is -0.0625. The number of hydrogen-bond acceptors (Lipinski definition) is 0. The number of benzene rings is 9. The van der Waals surface area contributed by atoms with Crippen LogP contribution in [-0.2, 0) is 5.41 Å². The van der Waals surface area contributed by atoms with Crippen LogP contribution in [0.2, 0.25) is 0 Å². The Labute approximate surface area is 274 Å². The molecule has 0 unspecified atom stereocenters. The molecular formula is C47H32. The molecule has 0 heteroatoms. The van der Waals surface area contributed by atoms with E-state index in [0.717, 1.165) is 0 Å². The molecule has 0 amide bonds. The Morgan fingerprint density at radius 2 is 0.894 bits per heavy atom. The molecule has 0 nitrogen and oxygen atoms in total. The van der Waals surface area contributed by atoms with Crippen LogP contribution in [0, 0.1) is 0 Å². The Morgan fingerprint density at radius 1 is 0.340 bits per heavy atom. The van der Waals surface area contributed by atoms with Crippen molar-refractivity contribution in [3.63, 3.8) is 0 Å². The van der Waals surface area contributed by atoms with Crippen molar-refractivity contribution in [3.05, 3.63) is 169 Å². The lowest BCUT2D eigenvalue weighted by Gasteiger charge is -2.23. The fraction of sp³-hybridized carbons (Fsp3) is 0.0638. The molecule has 0 fully saturated rings. The van der Waals surface area contributed by atoms with Gasteiger partial charge in [-0.2, -0.15) is 0 Å². The summed E-state index contributed by atoms with van der Waals surface area (Å²) < 4.78 is 0. The Bertz CT molecular complexity index is 2690. The lowest BCUT2D eigenvalue weighted by atomic mass is 9.80. The molecule has 0 radical (unpaired) electrons. The van der Waals surface area contributed by atoms with Gasteiger partial charge in [-0.15, -0.1) is 0 Å². The molecule has 220 valence electrons. The molecule has 0 N–H and O–H groups in total. The average molecular weight is 597 g/mol. The highest BCUT2D eigenvalue weighted by Crippen LogP contribution is 2.53. The maximum atomic E-state index is 2.48. The Hall–Kier alpha value is -5.72. The monoisotopic (exact) mass is 596 g/mol. The Morgan fingerprint density at radius 3 is 1.62 bits per heavy atom. The molecule has 0 bridgehead atoms. The highest BCUT2D eigenvalue weighted by Gasteiger charge is 2.36. The summed E-state index contributed by atoms with van der Waals surface area (Å²) in [5, 5.41) is 10.5. The third-order valence-electron chi connectivity index (χ3n) is 10.8. The molecule has 0 aromatic heterocycles.